The fourth-order valence-corrected chi connectivity index (χ4v) is 3.49. The normalized spacial score (nSPS) is 19.6. The van der Waals surface area contributed by atoms with Gasteiger partial charge in [-0.15, -0.1) is 11.3 Å². The molecule has 0 N–H and O–H groups in total. The third-order valence-electron chi connectivity index (χ3n) is 3.36. The van der Waals surface area contributed by atoms with Crippen LogP contribution in [0.5, 0.6) is 0 Å². The zero-order valence-electron chi connectivity index (χ0n) is 11.4. The third kappa shape index (κ3) is 2.71. The molecular formula is C16H19NOS. The monoisotopic (exact) mass is 273 g/mol. The lowest BCUT2D eigenvalue weighted by Crippen LogP contribution is -2.38. The van der Waals surface area contributed by atoms with E-state index in [9.17, 15) is 4.79 Å². The first kappa shape index (κ1) is 13.8. The molecule has 3 heteroatoms. The second-order valence-electron chi connectivity index (χ2n) is 4.57. The summed E-state index contributed by atoms with van der Waals surface area (Å²) >= 11 is 1.78. The van der Waals surface area contributed by atoms with Crippen LogP contribution in [0.15, 0.2) is 47.9 Å². The highest BCUT2D eigenvalue weighted by molar-refractivity contribution is 7.10. The summed E-state index contributed by atoms with van der Waals surface area (Å²) in [5.41, 5.74) is 2.38. The molecule has 1 aliphatic rings. The van der Waals surface area contributed by atoms with Crippen molar-refractivity contribution in [2.24, 2.45) is 0 Å². The van der Waals surface area contributed by atoms with Gasteiger partial charge in [0.2, 0.25) is 5.91 Å². The fourth-order valence-electron chi connectivity index (χ4n) is 2.58. The Morgan fingerprint density at radius 2 is 2.37 bits per heavy atom. The van der Waals surface area contributed by atoms with Crippen LogP contribution in [-0.2, 0) is 11.2 Å². The van der Waals surface area contributed by atoms with Gasteiger partial charge >= 0.3 is 0 Å². The van der Waals surface area contributed by atoms with Gasteiger partial charge in [-0.3, -0.25) is 4.79 Å². The van der Waals surface area contributed by atoms with Gasteiger partial charge in [-0.05, 0) is 35.9 Å². The van der Waals surface area contributed by atoms with E-state index < -0.39 is 0 Å². The summed E-state index contributed by atoms with van der Waals surface area (Å²) in [6.07, 6.45) is 8.81. The minimum absolute atomic E-state index is 0.0294. The molecule has 0 aliphatic carbocycles. The number of hydrogen-bond acceptors (Lipinski definition) is 2. The van der Waals surface area contributed by atoms with Crippen LogP contribution in [0.2, 0.25) is 0 Å². The van der Waals surface area contributed by atoms with E-state index in [1.54, 1.807) is 24.3 Å². The first-order valence-corrected chi connectivity index (χ1v) is 7.35. The molecule has 0 spiro atoms. The maximum Gasteiger partial charge on any atom is 0.220 e. The van der Waals surface area contributed by atoms with Crippen molar-refractivity contribution >= 4 is 17.2 Å². The Balaban J connectivity index is 2.50. The van der Waals surface area contributed by atoms with Gasteiger partial charge in [0.1, 0.15) is 0 Å². The molecular weight excluding hydrogens is 254 g/mol. The van der Waals surface area contributed by atoms with Crippen LogP contribution in [0.25, 0.3) is 0 Å². The van der Waals surface area contributed by atoms with Crippen molar-refractivity contribution in [2.45, 2.75) is 26.3 Å². The highest BCUT2D eigenvalue weighted by Gasteiger charge is 2.31. The summed E-state index contributed by atoms with van der Waals surface area (Å²) in [7, 11) is 0. The summed E-state index contributed by atoms with van der Waals surface area (Å²) in [5.74, 6) is 0.126. The molecule has 1 amide bonds. The maximum absolute atomic E-state index is 11.9. The maximum atomic E-state index is 11.9. The quantitative estimate of drug-likeness (QED) is 0.765. The lowest BCUT2D eigenvalue weighted by molar-refractivity contribution is -0.130. The van der Waals surface area contributed by atoms with Crippen LogP contribution in [0, 0.1) is 0 Å². The Bertz CT molecular complexity index is 539. The molecule has 2 nitrogen and oxygen atoms in total. The van der Waals surface area contributed by atoms with Crippen molar-refractivity contribution in [1.29, 1.82) is 0 Å². The van der Waals surface area contributed by atoms with E-state index in [4.69, 9.17) is 0 Å². The second-order valence-corrected chi connectivity index (χ2v) is 5.57. The Hall–Kier alpha value is -1.61. The molecule has 2 rings (SSSR count). The second kappa shape index (κ2) is 6.02. The van der Waals surface area contributed by atoms with E-state index in [0.717, 1.165) is 18.5 Å². The van der Waals surface area contributed by atoms with Gasteiger partial charge in [0.05, 0.1) is 6.04 Å². The number of fused-ring (bicyclic) bond motifs is 1. The Morgan fingerprint density at radius 3 is 3.00 bits per heavy atom. The number of nitrogens with zero attached hydrogens (tertiary/aromatic N) is 1. The SMILES string of the molecule is C=C/C=C(\C=C/C)C1c2ccsc2CCN1C(C)=O. The zero-order valence-corrected chi connectivity index (χ0v) is 12.2. The van der Waals surface area contributed by atoms with Crippen LogP contribution in [0.1, 0.15) is 30.3 Å². The molecule has 1 aliphatic heterocycles. The summed E-state index contributed by atoms with van der Waals surface area (Å²) < 4.78 is 0. The summed E-state index contributed by atoms with van der Waals surface area (Å²) in [4.78, 5) is 15.2. The van der Waals surface area contributed by atoms with Crippen LogP contribution < -0.4 is 0 Å². The minimum atomic E-state index is 0.0294. The van der Waals surface area contributed by atoms with E-state index in [2.05, 4.69) is 24.1 Å². The molecule has 0 saturated carbocycles. The minimum Gasteiger partial charge on any atom is -0.331 e. The van der Waals surface area contributed by atoms with Crippen molar-refractivity contribution < 1.29 is 4.79 Å². The number of amides is 1. The number of carbonyl (C=O) groups is 1. The number of carbonyl (C=O) groups excluding carboxylic acids is 1. The molecule has 0 bridgehead atoms. The lowest BCUT2D eigenvalue weighted by atomic mass is 9.92. The van der Waals surface area contributed by atoms with Gasteiger partial charge in [-0.25, -0.2) is 0 Å². The molecule has 1 aromatic rings. The third-order valence-corrected chi connectivity index (χ3v) is 4.35. The highest BCUT2D eigenvalue weighted by Crippen LogP contribution is 2.38. The molecule has 2 heterocycles. The standard InChI is InChI=1S/C16H19NOS/c1-4-6-13(7-5-2)16-14-9-11-19-15(14)8-10-17(16)12(3)18/h4-7,9,11,16H,1,8,10H2,2-3H3/b7-5-,13-6+. The van der Waals surface area contributed by atoms with Gasteiger partial charge in [0.25, 0.3) is 0 Å². The molecule has 0 aromatic carbocycles. The van der Waals surface area contributed by atoms with Gasteiger partial charge in [0, 0.05) is 18.3 Å². The average molecular weight is 273 g/mol. The summed E-state index contributed by atoms with van der Waals surface area (Å²) in [6, 6.07) is 2.17. The Morgan fingerprint density at radius 1 is 1.58 bits per heavy atom. The predicted molar refractivity (Wildman–Crippen MR) is 81.2 cm³/mol. The van der Waals surface area contributed by atoms with Crippen LogP contribution in [0.3, 0.4) is 0 Å². The number of rotatable bonds is 3. The van der Waals surface area contributed by atoms with Crippen molar-refractivity contribution in [3.05, 3.63) is 58.3 Å². The first-order chi connectivity index (χ1) is 9.19. The topological polar surface area (TPSA) is 20.3 Å². The van der Waals surface area contributed by atoms with Crippen LogP contribution in [-0.4, -0.2) is 17.4 Å². The average Bonchev–Trinajstić information content (AvgIpc) is 2.85. The molecule has 0 saturated heterocycles. The van der Waals surface area contributed by atoms with E-state index in [0.29, 0.717) is 0 Å². The van der Waals surface area contributed by atoms with E-state index in [1.807, 2.05) is 24.0 Å². The zero-order chi connectivity index (χ0) is 13.8. The molecule has 1 unspecified atom stereocenters. The Labute approximate surface area is 118 Å². The molecule has 0 fully saturated rings. The van der Waals surface area contributed by atoms with Gasteiger partial charge in [0.15, 0.2) is 0 Å². The van der Waals surface area contributed by atoms with Gasteiger partial charge in [-0.2, -0.15) is 0 Å². The number of hydrogen-bond donors (Lipinski definition) is 0. The smallest absolute Gasteiger partial charge is 0.220 e. The molecule has 1 aromatic heterocycles. The molecule has 19 heavy (non-hydrogen) atoms. The summed E-state index contributed by atoms with van der Waals surface area (Å²) in [6.45, 7) is 8.21. The van der Waals surface area contributed by atoms with Gasteiger partial charge in [-0.1, -0.05) is 30.9 Å². The van der Waals surface area contributed by atoms with Crippen molar-refractivity contribution in [3.8, 4) is 0 Å². The number of thiophene rings is 1. The van der Waals surface area contributed by atoms with Gasteiger partial charge < -0.3 is 4.90 Å². The van der Waals surface area contributed by atoms with E-state index in [1.165, 1.54) is 10.4 Å². The van der Waals surface area contributed by atoms with E-state index in [-0.39, 0.29) is 11.9 Å². The van der Waals surface area contributed by atoms with Crippen LogP contribution >= 0.6 is 11.3 Å². The summed E-state index contributed by atoms with van der Waals surface area (Å²) in [5, 5.41) is 2.11. The molecule has 100 valence electrons. The fraction of sp³-hybridized carbons (Fsp3) is 0.312. The number of allylic oxidation sites excluding steroid dienone is 3. The van der Waals surface area contributed by atoms with E-state index >= 15 is 0 Å². The van der Waals surface area contributed by atoms with Crippen LogP contribution in [0.4, 0.5) is 0 Å². The molecule has 0 radical (unpaired) electrons. The lowest BCUT2D eigenvalue weighted by Gasteiger charge is -2.36. The van der Waals surface area contributed by atoms with Crippen molar-refractivity contribution in [1.82, 2.24) is 4.90 Å². The predicted octanol–water partition coefficient (Wildman–Crippen LogP) is 3.88. The van der Waals surface area contributed by atoms with Crippen molar-refractivity contribution in [2.75, 3.05) is 6.54 Å². The Kier molecular flexibility index (Phi) is 4.38. The largest absolute Gasteiger partial charge is 0.331 e. The van der Waals surface area contributed by atoms with Crippen molar-refractivity contribution in [3.63, 3.8) is 0 Å². The molecule has 1 atom stereocenters. The highest BCUT2D eigenvalue weighted by atomic mass is 32.1. The first-order valence-electron chi connectivity index (χ1n) is 6.47.